The molecule has 0 aliphatic carbocycles. The molecule has 0 radical (unpaired) electrons. The van der Waals surface area contributed by atoms with Crippen molar-refractivity contribution in [3.8, 4) is 11.5 Å². The Labute approximate surface area is 141 Å². The van der Waals surface area contributed by atoms with Gasteiger partial charge in [-0.2, -0.15) is 13.2 Å². The van der Waals surface area contributed by atoms with Crippen LogP contribution < -0.4 is 4.74 Å². The monoisotopic (exact) mass is 442 g/mol. The number of ether oxygens (including phenoxy) is 1. The summed E-state index contributed by atoms with van der Waals surface area (Å²) < 4.78 is 45.8. The summed E-state index contributed by atoms with van der Waals surface area (Å²) in [5.74, 6) is 0.307. The number of hydrogen-bond acceptors (Lipinski definition) is 1. The van der Waals surface area contributed by atoms with Gasteiger partial charge in [0.15, 0.2) is 0 Å². The van der Waals surface area contributed by atoms with Gasteiger partial charge < -0.3 is 4.74 Å². The predicted octanol–water partition coefficient (Wildman–Crippen LogP) is 6.76. The Balaban J connectivity index is 2.37. The van der Waals surface area contributed by atoms with Crippen LogP contribution in [0.2, 0.25) is 0 Å². The Hall–Kier alpha value is -0.720. The topological polar surface area (TPSA) is 9.23 Å². The van der Waals surface area contributed by atoms with Gasteiger partial charge in [0, 0.05) is 10.4 Å². The van der Waals surface area contributed by atoms with Gasteiger partial charge in [0.1, 0.15) is 11.5 Å². The van der Waals surface area contributed by atoms with Crippen LogP contribution in [0, 0.1) is 0 Å². The summed E-state index contributed by atoms with van der Waals surface area (Å²) in [5.41, 5.74) is -0.769. The van der Waals surface area contributed by atoms with Crippen LogP contribution in [-0.4, -0.2) is 0 Å². The molecular weight excluding hydrogens is 436 g/mol. The fraction of sp³-hybridized carbons (Fsp3) is 0.143. The van der Waals surface area contributed by atoms with Crippen LogP contribution in [0.3, 0.4) is 0 Å². The summed E-state index contributed by atoms with van der Waals surface area (Å²) in [5, 5.41) is 0. The molecule has 0 aliphatic heterocycles. The second-order valence-electron chi connectivity index (χ2n) is 4.13. The lowest BCUT2D eigenvalue weighted by Crippen LogP contribution is -2.08. The van der Waals surface area contributed by atoms with Crippen molar-refractivity contribution in [1.29, 1.82) is 0 Å². The quantitative estimate of drug-likeness (QED) is 0.475. The molecule has 0 N–H and O–H groups in total. The summed E-state index contributed by atoms with van der Waals surface area (Å²) in [6, 6.07) is 8.85. The van der Waals surface area contributed by atoms with Gasteiger partial charge in [-0.15, -0.1) is 11.6 Å². The molecule has 0 atom stereocenters. The molecule has 0 aromatic heterocycles. The molecule has 0 fully saturated rings. The number of halogens is 6. The van der Waals surface area contributed by atoms with Gasteiger partial charge in [0.25, 0.3) is 0 Å². The average molecular weight is 444 g/mol. The standard InChI is InChI=1S/C14H8Br2ClF3O/c15-9-2-4-13(12(16)5-9)21-10-3-1-8(7-17)11(6-10)14(18,19)20/h1-6H,7H2. The van der Waals surface area contributed by atoms with Gasteiger partial charge in [0.2, 0.25) is 0 Å². The normalized spacial score (nSPS) is 11.5. The summed E-state index contributed by atoms with van der Waals surface area (Å²) in [7, 11) is 0. The van der Waals surface area contributed by atoms with Gasteiger partial charge in [-0.1, -0.05) is 22.0 Å². The van der Waals surface area contributed by atoms with Crippen LogP contribution in [0.5, 0.6) is 11.5 Å². The fourth-order valence-corrected chi connectivity index (χ4v) is 3.05. The molecule has 112 valence electrons. The smallest absolute Gasteiger partial charge is 0.416 e. The van der Waals surface area contributed by atoms with E-state index in [1.165, 1.54) is 12.1 Å². The van der Waals surface area contributed by atoms with Gasteiger partial charge in [0.05, 0.1) is 10.0 Å². The molecule has 2 rings (SSSR count). The molecule has 0 saturated carbocycles. The Morgan fingerprint density at radius 1 is 1.05 bits per heavy atom. The average Bonchev–Trinajstić information content (AvgIpc) is 2.41. The first-order chi connectivity index (χ1) is 9.81. The third kappa shape index (κ3) is 4.14. The minimum Gasteiger partial charge on any atom is -0.456 e. The van der Waals surface area contributed by atoms with Crippen LogP contribution in [0.25, 0.3) is 0 Å². The summed E-state index contributed by atoms with van der Waals surface area (Å²) in [4.78, 5) is 0. The predicted molar refractivity (Wildman–Crippen MR) is 82.9 cm³/mol. The van der Waals surface area contributed by atoms with E-state index >= 15 is 0 Å². The number of hydrogen-bond donors (Lipinski definition) is 0. The second kappa shape index (κ2) is 6.58. The zero-order valence-electron chi connectivity index (χ0n) is 10.3. The first-order valence-electron chi connectivity index (χ1n) is 5.70. The van der Waals surface area contributed by atoms with E-state index in [1.54, 1.807) is 18.2 Å². The van der Waals surface area contributed by atoms with E-state index in [1.807, 2.05) is 0 Å². The number of alkyl halides is 4. The van der Waals surface area contributed by atoms with Crippen molar-refractivity contribution >= 4 is 43.5 Å². The van der Waals surface area contributed by atoms with Crippen LogP contribution in [0.15, 0.2) is 45.3 Å². The fourth-order valence-electron chi connectivity index (χ4n) is 1.68. The van der Waals surface area contributed by atoms with E-state index in [9.17, 15) is 13.2 Å². The van der Waals surface area contributed by atoms with E-state index in [0.29, 0.717) is 10.2 Å². The van der Waals surface area contributed by atoms with Gasteiger partial charge in [-0.25, -0.2) is 0 Å². The zero-order valence-corrected chi connectivity index (χ0v) is 14.3. The van der Waals surface area contributed by atoms with Gasteiger partial charge >= 0.3 is 6.18 Å². The molecule has 0 saturated heterocycles. The highest BCUT2D eigenvalue weighted by molar-refractivity contribution is 9.11. The molecule has 2 aromatic carbocycles. The molecule has 2 aromatic rings. The van der Waals surface area contributed by atoms with Crippen molar-refractivity contribution in [2.24, 2.45) is 0 Å². The van der Waals surface area contributed by atoms with Crippen molar-refractivity contribution in [2.75, 3.05) is 0 Å². The van der Waals surface area contributed by atoms with E-state index in [-0.39, 0.29) is 17.2 Å². The van der Waals surface area contributed by atoms with Crippen LogP contribution >= 0.6 is 43.5 Å². The van der Waals surface area contributed by atoms with Gasteiger partial charge in [-0.05, 0) is 51.8 Å². The SMILES string of the molecule is FC(F)(F)c1cc(Oc2ccc(Br)cc2Br)ccc1CCl. The zero-order chi connectivity index (χ0) is 15.6. The first-order valence-corrected chi connectivity index (χ1v) is 7.82. The highest BCUT2D eigenvalue weighted by atomic mass is 79.9. The van der Waals surface area contributed by atoms with Crippen molar-refractivity contribution in [2.45, 2.75) is 12.1 Å². The lowest BCUT2D eigenvalue weighted by molar-refractivity contribution is -0.138. The number of rotatable bonds is 3. The van der Waals surface area contributed by atoms with Crippen molar-refractivity contribution in [3.05, 3.63) is 56.5 Å². The van der Waals surface area contributed by atoms with E-state index < -0.39 is 11.7 Å². The van der Waals surface area contributed by atoms with Crippen LogP contribution in [0.1, 0.15) is 11.1 Å². The Morgan fingerprint density at radius 3 is 2.33 bits per heavy atom. The van der Waals surface area contributed by atoms with Crippen LogP contribution in [0.4, 0.5) is 13.2 Å². The lowest BCUT2D eigenvalue weighted by atomic mass is 10.1. The molecule has 0 unspecified atom stereocenters. The molecule has 0 spiro atoms. The minimum atomic E-state index is -4.47. The Bertz CT molecular complexity index is 659. The maximum atomic E-state index is 13.0. The molecule has 21 heavy (non-hydrogen) atoms. The molecule has 7 heteroatoms. The summed E-state index contributed by atoms with van der Waals surface area (Å²) >= 11 is 12.1. The molecular formula is C14H8Br2ClF3O. The summed E-state index contributed by atoms with van der Waals surface area (Å²) in [6.45, 7) is 0. The molecule has 1 nitrogen and oxygen atoms in total. The maximum absolute atomic E-state index is 13.0. The third-order valence-electron chi connectivity index (χ3n) is 2.65. The van der Waals surface area contributed by atoms with E-state index in [4.69, 9.17) is 16.3 Å². The third-order valence-corrected chi connectivity index (χ3v) is 4.05. The van der Waals surface area contributed by atoms with Crippen molar-refractivity contribution < 1.29 is 17.9 Å². The maximum Gasteiger partial charge on any atom is 0.416 e. The van der Waals surface area contributed by atoms with Gasteiger partial charge in [-0.3, -0.25) is 0 Å². The van der Waals surface area contributed by atoms with Crippen LogP contribution in [-0.2, 0) is 12.1 Å². The first kappa shape index (κ1) is 16.6. The molecule has 0 heterocycles. The van der Waals surface area contributed by atoms with E-state index in [2.05, 4.69) is 31.9 Å². The van der Waals surface area contributed by atoms with Crippen molar-refractivity contribution in [1.82, 2.24) is 0 Å². The molecule has 0 bridgehead atoms. The Morgan fingerprint density at radius 2 is 1.76 bits per heavy atom. The van der Waals surface area contributed by atoms with Crippen molar-refractivity contribution in [3.63, 3.8) is 0 Å². The molecule has 0 aliphatic rings. The highest BCUT2D eigenvalue weighted by Gasteiger charge is 2.33. The number of benzene rings is 2. The Kier molecular flexibility index (Phi) is 5.22. The lowest BCUT2D eigenvalue weighted by Gasteiger charge is -2.14. The second-order valence-corrected chi connectivity index (χ2v) is 6.16. The highest BCUT2D eigenvalue weighted by Crippen LogP contribution is 2.37. The summed E-state index contributed by atoms with van der Waals surface area (Å²) in [6.07, 6.45) is -4.47. The minimum absolute atomic E-state index is 0.0198. The van der Waals surface area contributed by atoms with E-state index in [0.717, 1.165) is 10.5 Å². The molecule has 0 amide bonds. The largest absolute Gasteiger partial charge is 0.456 e.